The van der Waals surface area contributed by atoms with Crippen LogP contribution >= 0.6 is 0 Å². The molecule has 10 rings (SSSR count). The molecule has 0 N–H and O–H groups in total. The highest BCUT2D eigenvalue weighted by molar-refractivity contribution is 6.11. The smallest absolute Gasteiger partial charge is 0.0561 e. The number of aromatic nitrogens is 1. The van der Waals surface area contributed by atoms with E-state index in [4.69, 9.17) is 0 Å². The number of hydrogen-bond donors (Lipinski definition) is 0. The third-order valence-corrected chi connectivity index (χ3v) is 10.3. The summed E-state index contributed by atoms with van der Waals surface area (Å²) in [5, 5.41) is 7.41. The van der Waals surface area contributed by atoms with E-state index < -0.39 is 0 Å². The normalized spacial score (nSPS) is 11.5. The van der Waals surface area contributed by atoms with E-state index in [1.807, 2.05) is 0 Å². The van der Waals surface area contributed by atoms with Crippen molar-refractivity contribution in [2.24, 2.45) is 0 Å². The average molecular weight is 663 g/mol. The standard InChI is InChI=1S/C50H34N2/c1-4-12-35(13-5-1)42-25-28-47-48-29-27-46(34-50(48)52(49(47)33-42)44-18-8-3-9-19-44)51(43-16-6-2-7-17-43)45-26-24-40-31-39(22-23-41(40)32-45)38-21-20-36-14-10-11-15-37(36)30-38/h1-34H. The minimum atomic E-state index is 1.11. The highest BCUT2D eigenvalue weighted by Crippen LogP contribution is 2.41. The topological polar surface area (TPSA) is 8.17 Å². The SMILES string of the molecule is c1ccc(-c2ccc3c4ccc(N(c5ccccc5)c5ccc6cc(-c7ccc8ccccc8c7)ccc6c5)cc4n(-c4ccccc4)c3c2)cc1. The molecule has 9 aromatic carbocycles. The van der Waals surface area contributed by atoms with Gasteiger partial charge in [-0.3, -0.25) is 0 Å². The van der Waals surface area contributed by atoms with Gasteiger partial charge in [0.05, 0.1) is 11.0 Å². The molecule has 10 aromatic rings. The maximum absolute atomic E-state index is 2.42. The summed E-state index contributed by atoms with van der Waals surface area (Å²) in [4.78, 5) is 2.37. The molecule has 2 nitrogen and oxygen atoms in total. The molecule has 0 atom stereocenters. The van der Waals surface area contributed by atoms with Crippen LogP contribution < -0.4 is 4.90 Å². The second-order valence-corrected chi connectivity index (χ2v) is 13.4. The van der Waals surface area contributed by atoms with E-state index in [0.717, 1.165) is 22.7 Å². The van der Waals surface area contributed by atoms with E-state index in [1.165, 1.54) is 65.6 Å². The molecule has 52 heavy (non-hydrogen) atoms. The van der Waals surface area contributed by atoms with E-state index >= 15 is 0 Å². The van der Waals surface area contributed by atoms with E-state index in [0.29, 0.717) is 0 Å². The summed E-state index contributed by atoms with van der Waals surface area (Å²) >= 11 is 0. The van der Waals surface area contributed by atoms with Gasteiger partial charge in [-0.15, -0.1) is 0 Å². The van der Waals surface area contributed by atoms with Gasteiger partial charge in [-0.1, -0.05) is 140 Å². The Kier molecular flexibility index (Phi) is 7.18. The molecular formula is C50H34N2. The Morgan fingerprint density at radius 3 is 1.52 bits per heavy atom. The van der Waals surface area contributed by atoms with Crippen molar-refractivity contribution in [2.75, 3.05) is 4.90 Å². The van der Waals surface area contributed by atoms with Crippen LogP contribution in [-0.4, -0.2) is 4.57 Å². The van der Waals surface area contributed by atoms with Crippen molar-refractivity contribution in [3.8, 4) is 27.9 Å². The van der Waals surface area contributed by atoms with E-state index in [2.05, 4.69) is 216 Å². The number of rotatable bonds is 6. The molecule has 0 aliphatic heterocycles. The van der Waals surface area contributed by atoms with Crippen LogP contribution in [0.1, 0.15) is 0 Å². The largest absolute Gasteiger partial charge is 0.310 e. The zero-order chi connectivity index (χ0) is 34.4. The van der Waals surface area contributed by atoms with Crippen LogP contribution in [0.3, 0.4) is 0 Å². The summed E-state index contributed by atoms with van der Waals surface area (Å²) in [6.45, 7) is 0. The van der Waals surface area contributed by atoms with Gasteiger partial charge in [0.25, 0.3) is 0 Å². The van der Waals surface area contributed by atoms with Gasteiger partial charge >= 0.3 is 0 Å². The monoisotopic (exact) mass is 662 g/mol. The summed E-state index contributed by atoms with van der Waals surface area (Å²) in [7, 11) is 0. The van der Waals surface area contributed by atoms with Crippen LogP contribution in [0.25, 0.3) is 71.3 Å². The summed E-state index contributed by atoms with van der Waals surface area (Å²) in [6.07, 6.45) is 0. The molecule has 244 valence electrons. The van der Waals surface area contributed by atoms with Gasteiger partial charge in [-0.25, -0.2) is 0 Å². The summed E-state index contributed by atoms with van der Waals surface area (Å²) in [5.74, 6) is 0. The number of anilines is 3. The Hall–Kier alpha value is -6.90. The zero-order valence-electron chi connectivity index (χ0n) is 28.5. The zero-order valence-corrected chi connectivity index (χ0v) is 28.5. The van der Waals surface area contributed by atoms with Crippen LogP contribution in [0.15, 0.2) is 206 Å². The summed E-state index contributed by atoms with van der Waals surface area (Å²) in [5.41, 5.74) is 11.7. The van der Waals surface area contributed by atoms with Crippen molar-refractivity contribution in [1.29, 1.82) is 0 Å². The third kappa shape index (κ3) is 5.21. The van der Waals surface area contributed by atoms with Crippen molar-refractivity contribution in [2.45, 2.75) is 0 Å². The van der Waals surface area contributed by atoms with Crippen LogP contribution in [0, 0.1) is 0 Å². The first-order chi connectivity index (χ1) is 25.8. The quantitative estimate of drug-likeness (QED) is 0.172. The van der Waals surface area contributed by atoms with Crippen LogP contribution in [0.4, 0.5) is 17.1 Å². The van der Waals surface area contributed by atoms with Crippen molar-refractivity contribution in [1.82, 2.24) is 4.57 Å². The van der Waals surface area contributed by atoms with Gasteiger partial charge in [-0.2, -0.15) is 0 Å². The lowest BCUT2D eigenvalue weighted by Crippen LogP contribution is -2.10. The number of benzene rings is 9. The fraction of sp³-hybridized carbons (Fsp3) is 0. The van der Waals surface area contributed by atoms with Crippen molar-refractivity contribution < 1.29 is 0 Å². The molecule has 0 saturated carbocycles. The number of para-hydroxylation sites is 2. The van der Waals surface area contributed by atoms with E-state index in [1.54, 1.807) is 0 Å². The average Bonchev–Trinajstić information content (AvgIpc) is 3.54. The minimum Gasteiger partial charge on any atom is -0.310 e. The highest BCUT2D eigenvalue weighted by Gasteiger charge is 2.18. The summed E-state index contributed by atoms with van der Waals surface area (Å²) < 4.78 is 2.42. The fourth-order valence-corrected chi connectivity index (χ4v) is 7.76. The molecule has 0 aliphatic rings. The lowest BCUT2D eigenvalue weighted by molar-refractivity contribution is 1.18. The third-order valence-electron chi connectivity index (χ3n) is 10.3. The van der Waals surface area contributed by atoms with Gasteiger partial charge < -0.3 is 9.47 Å². The van der Waals surface area contributed by atoms with Crippen LogP contribution in [-0.2, 0) is 0 Å². The number of nitrogens with zero attached hydrogens (tertiary/aromatic N) is 2. The Labute approximate surface area is 303 Å². The molecule has 1 aromatic heterocycles. The van der Waals surface area contributed by atoms with E-state index in [-0.39, 0.29) is 0 Å². The first-order valence-corrected chi connectivity index (χ1v) is 17.8. The molecule has 0 amide bonds. The molecular weight excluding hydrogens is 629 g/mol. The lowest BCUT2D eigenvalue weighted by atomic mass is 9.98. The first-order valence-electron chi connectivity index (χ1n) is 17.8. The minimum absolute atomic E-state index is 1.11. The molecule has 0 spiro atoms. The van der Waals surface area contributed by atoms with Gasteiger partial charge in [0.1, 0.15) is 0 Å². The van der Waals surface area contributed by atoms with Gasteiger partial charge in [0.2, 0.25) is 0 Å². The molecule has 0 saturated heterocycles. The second-order valence-electron chi connectivity index (χ2n) is 13.4. The second kappa shape index (κ2) is 12.5. The van der Waals surface area contributed by atoms with Gasteiger partial charge in [-0.05, 0) is 111 Å². The maximum Gasteiger partial charge on any atom is 0.0561 e. The van der Waals surface area contributed by atoms with Crippen molar-refractivity contribution in [3.05, 3.63) is 206 Å². The van der Waals surface area contributed by atoms with Crippen molar-refractivity contribution >= 4 is 60.4 Å². The Morgan fingerprint density at radius 2 is 0.769 bits per heavy atom. The molecule has 1 heterocycles. The Bertz CT molecular complexity index is 2890. The predicted molar refractivity (Wildman–Crippen MR) is 221 cm³/mol. The van der Waals surface area contributed by atoms with E-state index in [9.17, 15) is 0 Å². The number of fused-ring (bicyclic) bond motifs is 5. The van der Waals surface area contributed by atoms with Gasteiger partial charge in [0, 0.05) is 33.5 Å². The molecule has 0 bridgehead atoms. The molecule has 0 radical (unpaired) electrons. The van der Waals surface area contributed by atoms with Gasteiger partial charge in [0.15, 0.2) is 0 Å². The fourth-order valence-electron chi connectivity index (χ4n) is 7.76. The molecule has 0 fully saturated rings. The predicted octanol–water partition coefficient (Wildman–Crippen LogP) is 13.9. The van der Waals surface area contributed by atoms with Crippen LogP contribution in [0.5, 0.6) is 0 Å². The van der Waals surface area contributed by atoms with Crippen LogP contribution in [0.2, 0.25) is 0 Å². The maximum atomic E-state index is 2.42. The first kappa shape index (κ1) is 30.0. The highest BCUT2D eigenvalue weighted by atomic mass is 15.1. The molecule has 2 heteroatoms. The lowest BCUT2D eigenvalue weighted by Gasteiger charge is -2.26. The molecule has 0 aliphatic carbocycles. The van der Waals surface area contributed by atoms with Crippen molar-refractivity contribution in [3.63, 3.8) is 0 Å². The Morgan fingerprint density at radius 1 is 0.288 bits per heavy atom. The summed E-state index contributed by atoms with van der Waals surface area (Å²) in [6, 6.07) is 74.7. The number of hydrogen-bond acceptors (Lipinski definition) is 1. The Balaban J connectivity index is 1.12. The molecule has 0 unspecified atom stereocenters.